The Morgan fingerprint density at radius 2 is 0.524 bits per heavy atom. The highest BCUT2D eigenvalue weighted by atomic mass is 16.6. The second-order valence-electron chi connectivity index (χ2n) is 18.8. The fourth-order valence-electron chi connectivity index (χ4n) is 8.20. The number of allylic oxidation sites excluding steroid dienone is 4. The Bertz CT molecular complexity index is 1020. The van der Waals surface area contributed by atoms with Gasteiger partial charge in [-0.15, -0.1) is 0 Å². The van der Waals surface area contributed by atoms with Crippen LogP contribution in [-0.4, -0.2) is 37.2 Å². The van der Waals surface area contributed by atoms with Crippen molar-refractivity contribution in [2.24, 2.45) is 0 Å². The summed E-state index contributed by atoms with van der Waals surface area (Å²) in [5.41, 5.74) is 0. The number of esters is 3. The van der Waals surface area contributed by atoms with Crippen LogP contribution in [0.15, 0.2) is 24.3 Å². The average molecular weight is 887 g/mol. The Morgan fingerprint density at radius 1 is 0.302 bits per heavy atom. The zero-order valence-electron chi connectivity index (χ0n) is 42.4. The van der Waals surface area contributed by atoms with Crippen molar-refractivity contribution in [1.82, 2.24) is 0 Å². The van der Waals surface area contributed by atoms with E-state index in [1.807, 2.05) is 0 Å². The minimum Gasteiger partial charge on any atom is -0.462 e. The van der Waals surface area contributed by atoms with Gasteiger partial charge in [0.15, 0.2) is 6.10 Å². The van der Waals surface area contributed by atoms with E-state index in [0.29, 0.717) is 19.3 Å². The van der Waals surface area contributed by atoms with Crippen molar-refractivity contribution in [3.05, 3.63) is 24.3 Å². The van der Waals surface area contributed by atoms with Gasteiger partial charge in [0.2, 0.25) is 0 Å². The van der Waals surface area contributed by atoms with Gasteiger partial charge in [-0.25, -0.2) is 0 Å². The summed E-state index contributed by atoms with van der Waals surface area (Å²) >= 11 is 0. The normalized spacial score (nSPS) is 12.1. The van der Waals surface area contributed by atoms with Gasteiger partial charge in [0.05, 0.1) is 0 Å². The molecule has 0 aromatic rings. The lowest BCUT2D eigenvalue weighted by Crippen LogP contribution is -2.30. The van der Waals surface area contributed by atoms with Crippen LogP contribution in [0.5, 0.6) is 0 Å². The van der Waals surface area contributed by atoms with Crippen LogP contribution >= 0.6 is 0 Å². The van der Waals surface area contributed by atoms with Gasteiger partial charge in [-0.2, -0.15) is 0 Å². The van der Waals surface area contributed by atoms with Crippen LogP contribution in [0.4, 0.5) is 0 Å². The summed E-state index contributed by atoms with van der Waals surface area (Å²) < 4.78 is 16.8. The standard InChI is InChI=1S/C57H106O6/c1-4-7-10-13-16-19-22-24-26-27-28-29-30-31-32-34-35-38-41-44-47-50-56(59)62-53-54(52-61-55(58)49-46-43-40-37-21-18-15-12-9-6-3)63-57(60)51-48-45-42-39-36-33-25-23-20-17-14-11-8-5-2/h23,25,27-28,54H,4-22,24,26,29-53H2,1-3H3/b25-23-,28-27-. The maximum Gasteiger partial charge on any atom is 0.306 e. The summed E-state index contributed by atoms with van der Waals surface area (Å²) in [4.78, 5) is 38.0. The van der Waals surface area contributed by atoms with E-state index in [2.05, 4.69) is 45.1 Å². The van der Waals surface area contributed by atoms with Gasteiger partial charge in [0, 0.05) is 19.3 Å². The van der Waals surface area contributed by atoms with E-state index in [4.69, 9.17) is 14.2 Å². The lowest BCUT2D eigenvalue weighted by molar-refractivity contribution is -0.167. The molecule has 6 heteroatoms. The molecule has 0 saturated heterocycles. The van der Waals surface area contributed by atoms with Crippen molar-refractivity contribution >= 4 is 17.9 Å². The van der Waals surface area contributed by atoms with E-state index in [-0.39, 0.29) is 31.1 Å². The van der Waals surface area contributed by atoms with Gasteiger partial charge in [0.25, 0.3) is 0 Å². The van der Waals surface area contributed by atoms with Crippen LogP contribution < -0.4 is 0 Å². The van der Waals surface area contributed by atoms with E-state index in [1.54, 1.807) is 0 Å². The minimum absolute atomic E-state index is 0.0715. The number of carbonyl (C=O) groups is 3. The van der Waals surface area contributed by atoms with E-state index in [0.717, 1.165) is 64.2 Å². The predicted molar refractivity (Wildman–Crippen MR) is 270 cm³/mol. The minimum atomic E-state index is -0.771. The van der Waals surface area contributed by atoms with Crippen molar-refractivity contribution in [2.45, 2.75) is 309 Å². The molecule has 0 saturated carbocycles. The molecule has 1 unspecified atom stereocenters. The number of hydrogen-bond donors (Lipinski definition) is 0. The van der Waals surface area contributed by atoms with Gasteiger partial charge >= 0.3 is 17.9 Å². The third-order valence-electron chi connectivity index (χ3n) is 12.4. The highest BCUT2D eigenvalue weighted by Crippen LogP contribution is 2.16. The SMILES string of the molecule is CCCCCCC/C=C\CCCCCCCC(=O)OC(COC(=O)CCCCCCCCCCCC)COC(=O)CCCCCCCCCCC/C=C\CCCCCCCCCC. The lowest BCUT2D eigenvalue weighted by Gasteiger charge is -2.18. The van der Waals surface area contributed by atoms with Crippen molar-refractivity contribution in [3.8, 4) is 0 Å². The molecule has 0 rings (SSSR count). The van der Waals surface area contributed by atoms with Crippen molar-refractivity contribution < 1.29 is 28.6 Å². The molecule has 6 nitrogen and oxygen atoms in total. The molecule has 0 N–H and O–H groups in total. The average Bonchev–Trinajstić information content (AvgIpc) is 3.28. The predicted octanol–water partition coefficient (Wildman–Crippen LogP) is 18.3. The monoisotopic (exact) mass is 887 g/mol. The summed E-state index contributed by atoms with van der Waals surface area (Å²) in [7, 11) is 0. The number of hydrogen-bond acceptors (Lipinski definition) is 6. The summed E-state index contributed by atoms with van der Waals surface area (Å²) in [5.74, 6) is -0.869. The molecule has 0 aromatic carbocycles. The molecule has 0 heterocycles. The Morgan fingerprint density at radius 3 is 0.794 bits per heavy atom. The van der Waals surface area contributed by atoms with Crippen molar-refractivity contribution in [2.75, 3.05) is 13.2 Å². The summed E-state index contributed by atoms with van der Waals surface area (Å²) in [6.07, 6.45) is 60.3. The fourth-order valence-corrected chi connectivity index (χ4v) is 8.20. The van der Waals surface area contributed by atoms with Crippen molar-refractivity contribution in [1.29, 1.82) is 0 Å². The second kappa shape index (κ2) is 52.5. The highest BCUT2D eigenvalue weighted by Gasteiger charge is 2.19. The number of carbonyl (C=O) groups excluding carboxylic acids is 3. The number of unbranched alkanes of at least 4 members (excludes halogenated alkanes) is 36. The first-order valence-corrected chi connectivity index (χ1v) is 27.8. The molecule has 0 radical (unpaired) electrons. The van der Waals surface area contributed by atoms with Crippen LogP contribution in [0.25, 0.3) is 0 Å². The van der Waals surface area contributed by atoms with Gasteiger partial charge in [-0.1, -0.05) is 238 Å². The first kappa shape index (κ1) is 60.9. The Balaban J connectivity index is 4.25. The van der Waals surface area contributed by atoms with Gasteiger partial charge < -0.3 is 14.2 Å². The summed E-state index contributed by atoms with van der Waals surface area (Å²) in [5, 5.41) is 0. The summed E-state index contributed by atoms with van der Waals surface area (Å²) in [6, 6.07) is 0. The third-order valence-corrected chi connectivity index (χ3v) is 12.4. The van der Waals surface area contributed by atoms with E-state index in [9.17, 15) is 14.4 Å². The topological polar surface area (TPSA) is 78.9 Å². The molecule has 0 spiro atoms. The highest BCUT2D eigenvalue weighted by molar-refractivity contribution is 5.71. The van der Waals surface area contributed by atoms with Gasteiger partial charge in [0.1, 0.15) is 13.2 Å². The largest absolute Gasteiger partial charge is 0.462 e. The summed E-state index contributed by atoms with van der Waals surface area (Å²) in [6.45, 7) is 6.64. The van der Waals surface area contributed by atoms with E-state index in [1.165, 1.54) is 199 Å². The maximum atomic E-state index is 12.8. The maximum absolute atomic E-state index is 12.8. The van der Waals surface area contributed by atoms with Crippen LogP contribution in [0.3, 0.4) is 0 Å². The molecule has 1 atom stereocenters. The van der Waals surface area contributed by atoms with Crippen LogP contribution in [-0.2, 0) is 28.6 Å². The first-order valence-electron chi connectivity index (χ1n) is 27.8. The van der Waals surface area contributed by atoms with Crippen LogP contribution in [0, 0.1) is 0 Å². The molecule has 0 bridgehead atoms. The third kappa shape index (κ3) is 50.7. The first-order chi connectivity index (χ1) is 31.0. The molecular weight excluding hydrogens is 781 g/mol. The zero-order valence-corrected chi connectivity index (χ0v) is 42.4. The molecule has 0 fully saturated rings. The number of rotatable bonds is 51. The Labute approximate surface area is 392 Å². The molecule has 63 heavy (non-hydrogen) atoms. The molecule has 0 aliphatic heterocycles. The molecular formula is C57H106O6. The molecule has 0 aliphatic rings. The molecule has 370 valence electrons. The van der Waals surface area contributed by atoms with Crippen molar-refractivity contribution in [3.63, 3.8) is 0 Å². The molecule has 0 aromatic heterocycles. The Hall–Kier alpha value is -2.11. The molecule has 0 amide bonds. The van der Waals surface area contributed by atoms with Gasteiger partial charge in [-0.3, -0.25) is 14.4 Å². The smallest absolute Gasteiger partial charge is 0.306 e. The fraction of sp³-hybridized carbons (Fsp3) is 0.877. The lowest BCUT2D eigenvalue weighted by atomic mass is 10.1. The zero-order chi connectivity index (χ0) is 45.8. The molecule has 0 aliphatic carbocycles. The van der Waals surface area contributed by atoms with E-state index >= 15 is 0 Å². The van der Waals surface area contributed by atoms with Gasteiger partial charge in [-0.05, 0) is 70.6 Å². The quantitative estimate of drug-likeness (QED) is 0.0262. The van der Waals surface area contributed by atoms with Crippen LogP contribution in [0.1, 0.15) is 303 Å². The second-order valence-corrected chi connectivity index (χ2v) is 18.8. The Kier molecular flexibility index (Phi) is 50.8. The van der Waals surface area contributed by atoms with Crippen LogP contribution in [0.2, 0.25) is 0 Å². The number of ether oxygens (including phenoxy) is 3. The van der Waals surface area contributed by atoms with E-state index < -0.39 is 6.10 Å².